The van der Waals surface area contributed by atoms with Crippen molar-refractivity contribution < 1.29 is 4.79 Å². The number of carbonyl (C=O) groups excluding carboxylic acids is 1. The number of carbonyl (C=O) groups is 1. The zero-order chi connectivity index (χ0) is 11.4. The third kappa shape index (κ3) is 4.58. The molecule has 96 valence electrons. The Hall–Kier alpha value is -0.100. The summed E-state index contributed by atoms with van der Waals surface area (Å²) in [6.07, 6.45) is 3.29. The average Bonchev–Trinajstić information content (AvgIpc) is 2.73. The summed E-state index contributed by atoms with van der Waals surface area (Å²) >= 11 is 5.06. The van der Waals surface area contributed by atoms with Crippen LogP contribution in [0, 0.1) is 0 Å². The fraction of sp³-hybridized carbons (Fsp3) is 0.545. The zero-order valence-electron chi connectivity index (χ0n) is 9.37. The number of nitrogens with one attached hydrogen (secondary N) is 2. The van der Waals surface area contributed by atoms with Gasteiger partial charge in [-0.2, -0.15) is 0 Å². The molecule has 1 aliphatic heterocycles. The second-order valence-corrected chi connectivity index (χ2v) is 5.86. The Morgan fingerprint density at radius 3 is 3.00 bits per heavy atom. The fourth-order valence-corrected chi connectivity index (χ4v) is 3.21. The van der Waals surface area contributed by atoms with E-state index in [4.69, 9.17) is 0 Å². The van der Waals surface area contributed by atoms with Gasteiger partial charge in [-0.3, -0.25) is 4.79 Å². The first kappa shape index (κ1) is 15.0. The van der Waals surface area contributed by atoms with Gasteiger partial charge >= 0.3 is 0 Å². The van der Waals surface area contributed by atoms with Crippen LogP contribution in [0.3, 0.4) is 0 Å². The minimum Gasteiger partial charge on any atom is -0.350 e. The molecule has 0 saturated carbocycles. The normalized spacial score (nSPS) is 19.5. The fourth-order valence-electron chi connectivity index (χ4n) is 1.82. The largest absolute Gasteiger partial charge is 0.350 e. The number of halogens is 2. The molecular weight excluding hydrogens is 324 g/mol. The van der Waals surface area contributed by atoms with Crippen molar-refractivity contribution in [1.29, 1.82) is 0 Å². The van der Waals surface area contributed by atoms with Crippen molar-refractivity contribution >= 4 is 45.6 Å². The van der Waals surface area contributed by atoms with E-state index in [1.807, 2.05) is 11.4 Å². The lowest BCUT2D eigenvalue weighted by atomic mass is 10.0. The molecule has 17 heavy (non-hydrogen) atoms. The Balaban J connectivity index is 0.00000144. The summed E-state index contributed by atoms with van der Waals surface area (Å²) in [7, 11) is 0. The molecule has 0 spiro atoms. The standard InChI is InChI=1S/C11H15BrN2OS.ClH/c12-8-5-9(16-7-8)6-14-11(15)10-3-1-2-4-13-10;/h5,7,10,13H,1-4,6H2,(H,14,15);1H/t10-;/m0./s1. The maximum Gasteiger partial charge on any atom is 0.237 e. The quantitative estimate of drug-likeness (QED) is 0.889. The van der Waals surface area contributed by atoms with Gasteiger partial charge in [-0.15, -0.1) is 23.7 Å². The zero-order valence-corrected chi connectivity index (χ0v) is 12.6. The minimum atomic E-state index is 0. The van der Waals surface area contributed by atoms with E-state index in [1.54, 1.807) is 11.3 Å². The summed E-state index contributed by atoms with van der Waals surface area (Å²) < 4.78 is 1.08. The van der Waals surface area contributed by atoms with Crippen molar-refractivity contribution in [2.75, 3.05) is 6.54 Å². The molecule has 6 heteroatoms. The summed E-state index contributed by atoms with van der Waals surface area (Å²) in [6, 6.07) is 2.05. The molecule has 2 rings (SSSR count). The minimum absolute atomic E-state index is 0. The molecule has 1 aliphatic rings. The smallest absolute Gasteiger partial charge is 0.237 e. The van der Waals surface area contributed by atoms with Crippen LogP contribution in [-0.4, -0.2) is 18.5 Å². The van der Waals surface area contributed by atoms with Crippen LogP contribution in [0.1, 0.15) is 24.1 Å². The average molecular weight is 340 g/mol. The van der Waals surface area contributed by atoms with Crippen LogP contribution in [-0.2, 0) is 11.3 Å². The van der Waals surface area contributed by atoms with Crippen molar-refractivity contribution in [1.82, 2.24) is 10.6 Å². The van der Waals surface area contributed by atoms with E-state index in [0.29, 0.717) is 6.54 Å². The predicted octanol–water partition coefficient (Wildman–Crippen LogP) is 2.69. The maximum atomic E-state index is 11.8. The molecule has 0 unspecified atom stereocenters. The van der Waals surface area contributed by atoms with Gasteiger partial charge in [0.25, 0.3) is 0 Å². The molecule has 2 heterocycles. The summed E-state index contributed by atoms with van der Waals surface area (Å²) in [5.74, 6) is 0.129. The Morgan fingerprint density at radius 1 is 1.59 bits per heavy atom. The first-order valence-electron chi connectivity index (χ1n) is 5.50. The predicted molar refractivity (Wildman–Crippen MR) is 76.8 cm³/mol. The van der Waals surface area contributed by atoms with E-state index in [0.717, 1.165) is 23.9 Å². The Labute approximate surface area is 120 Å². The van der Waals surface area contributed by atoms with Crippen LogP contribution in [0.2, 0.25) is 0 Å². The summed E-state index contributed by atoms with van der Waals surface area (Å²) in [5, 5.41) is 8.24. The van der Waals surface area contributed by atoms with E-state index >= 15 is 0 Å². The molecule has 1 saturated heterocycles. The molecule has 1 amide bonds. The second kappa shape index (κ2) is 7.36. The SMILES string of the molecule is Cl.O=C(NCc1cc(Br)cs1)[C@@H]1CCCCN1. The molecule has 0 bridgehead atoms. The van der Waals surface area contributed by atoms with Crippen molar-refractivity contribution in [3.8, 4) is 0 Å². The highest BCUT2D eigenvalue weighted by Gasteiger charge is 2.19. The third-order valence-corrected chi connectivity index (χ3v) is 4.38. The van der Waals surface area contributed by atoms with E-state index in [2.05, 4.69) is 26.6 Å². The summed E-state index contributed by atoms with van der Waals surface area (Å²) in [6.45, 7) is 1.59. The number of amides is 1. The number of thiophene rings is 1. The molecule has 1 atom stereocenters. The summed E-state index contributed by atoms with van der Waals surface area (Å²) in [5.41, 5.74) is 0. The van der Waals surface area contributed by atoms with Gasteiger partial charge < -0.3 is 10.6 Å². The van der Waals surface area contributed by atoms with Crippen LogP contribution in [0.5, 0.6) is 0 Å². The van der Waals surface area contributed by atoms with Gasteiger partial charge in [-0.25, -0.2) is 0 Å². The first-order valence-corrected chi connectivity index (χ1v) is 7.17. The topological polar surface area (TPSA) is 41.1 Å². The van der Waals surface area contributed by atoms with Crippen molar-refractivity contribution in [3.05, 3.63) is 20.8 Å². The van der Waals surface area contributed by atoms with E-state index in [9.17, 15) is 4.79 Å². The van der Waals surface area contributed by atoms with Crippen molar-refractivity contribution in [2.24, 2.45) is 0 Å². The van der Waals surface area contributed by atoms with Crippen LogP contribution >= 0.6 is 39.7 Å². The molecule has 1 fully saturated rings. The lowest BCUT2D eigenvalue weighted by molar-refractivity contribution is -0.123. The first-order chi connectivity index (χ1) is 7.75. The monoisotopic (exact) mass is 338 g/mol. The molecule has 0 radical (unpaired) electrons. The van der Waals surface area contributed by atoms with Gasteiger partial charge in [0.15, 0.2) is 0 Å². The van der Waals surface area contributed by atoms with Crippen LogP contribution in [0.15, 0.2) is 15.9 Å². The molecule has 0 aromatic carbocycles. The Morgan fingerprint density at radius 2 is 2.41 bits per heavy atom. The molecule has 0 aliphatic carbocycles. The van der Waals surface area contributed by atoms with Crippen molar-refractivity contribution in [3.63, 3.8) is 0 Å². The molecule has 2 N–H and O–H groups in total. The number of hydrogen-bond acceptors (Lipinski definition) is 3. The molecule has 1 aromatic heterocycles. The van der Waals surface area contributed by atoms with Crippen LogP contribution < -0.4 is 10.6 Å². The third-order valence-electron chi connectivity index (χ3n) is 2.69. The molecule has 1 aromatic rings. The lowest BCUT2D eigenvalue weighted by Crippen LogP contribution is -2.46. The highest BCUT2D eigenvalue weighted by atomic mass is 79.9. The Kier molecular flexibility index (Phi) is 6.48. The van der Waals surface area contributed by atoms with Gasteiger partial charge in [-0.1, -0.05) is 6.42 Å². The second-order valence-electron chi connectivity index (χ2n) is 3.95. The van der Waals surface area contributed by atoms with Gasteiger partial charge in [0.1, 0.15) is 0 Å². The van der Waals surface area contributed by atoms with Gasteiger partial charge in [0, 0.05) is 14.7 Å². The highest BCUT2D eigenvalue weighted by molar-refractivity contribution is 9.10. The number of hydrogen-bond donors (Lipinski definition) is 2. The van der Waals surface area contributed by atoms with Crippen LogP contribution in [0.4, 0.5) is 0 Å². The van der Waals surface area contributed by atoms with E-state index < -0.39 is 0 Å². The lowest BCUT2D eigenvalue weighted by Gasteiger charge is -2.22. The number of piperidine rings is 1. The van der Waals surface area contributed by atoms with E-state index in [1.165, 1.54) is 11.3 Å². The van der Waals surface area contributed by atoms with E-state index in [-0.39, 0.29) is 24.4 Å². The van der Waals surface area contributed by atoms with Gasteiger partial charge in [0.05, 0.1) is 12.6 Å². The van der Waals surface area contributed by atoms with Crippen molar-refractivity contribution in [2.45, 2.75) is 31.8 Å². The number of rotatable bonds is 3. The summed E-state index contributed by atoms with van der Waals surface area (Å²) in [4.78, 5) is 13.0. The Bertz CT molecular complexity index is 366. The molecule has 3 nitrogen and oxygen atoms in total. The molecular formula is C11H16BrClN2OS. The highest BCUT2D eigenvalue weighted by Crippen LogP contribution is 2.19. The van der Waals surface area contributed by atoms with Crippen LogP contribution in [0.25, 0.3) is 0 Å². The maximum absolute atomic E-state index is 11.8. The van der Waals surface area contributed by atoms with Gasteiger partial charge in [-0.05, 0) is 41.4 Å². The van der Waals surface area contributed by atoms with Gasteiger partial charge in [0.2, 0.25) is 5.91 Å².